The van der Waals surface area contributed by atoms with Crippen molar-refractivity contribution in [2.45, 2.75) is 32.5 Å². The van der Waals surface area contributed by atoms with E-state index in [0.717, 1.165) is 0 Å². The highest BCUT2D eigenvalue weighted by Gasteiger charge is 2.40. The van der Waals surface area contributed by atoms with Gasteiger partial charge in [0.1, 0.15) is 6.04 Å². The number of anilines is 1. The molecule has 0 saturated carbocycles. The Hall–Kier alpha value is -1.67. The summed E-state index contributed by atoms with van der Waals surface area (Å²) in [6.07, 6.45) is -5.04. The van der Waals surface area contributed by atoms with Crippen molar-refractivity contribution in [2.24, 2.45) is 5.92 Å². The topological polar surface area (TPSA) is 70.2 Å². The summed E-state index contributed by atoms with van der Waals surface area (Å²) in [7, 11) is 0. The molecular weight excluding hydrogens is 370 g/mol. The predicted molar refractivity (Wildman–Crippen MR) is 85.7 cm³/mol. The van der Waals surface area contributed by atoms with Crippen molar-refractivity contribution < 1.29 is 22.8 Å². The van der Waals surface area contributed by atoms with Gasteiger partial charge in [0.05, 0.1) is 10.7 Å². The Labute approximate surface area is 146 Å². The van der Waals surface area contributed by atoms with Gasteiger partial charge >= 0.3 is 12.1 Å². The zero-order valence-electron chi connectivity index (χ0n) is 12.8. The molecule has 1 unspecified atom stereocenters. The summed E-state index contributed by atoms with van der Waals surface area (Å²) < 4.78 is 37.1. The Morgan fingerprint density at radius 1 is 1.21 bits per heavy atom. The summed E-state index contributed by atoms with van der Waals surface area (Å²) >= 11 is 11.6. The van der Waals surface area contributed by atoms with Crippen molar-refractivity contribution in [1.82, 2.24) is 10.7 Å². The lowest BCUT2D eigenvalue weighted by Crippen LogP contribution is -2.52. The third kappa shape index (κ3) is 6.45. The van der Waals surface area contributed by atoms with Crippen LogP contribution in [-0.2, 0) is 9.59 Å². The SMILES string of the molecule is CC(C)CC(NC(=O)C(F)(F)F)C(=O)NNc1ccc(Cl)cc1Cl. The smallest absolute Gasteiger partial charge is 0.336 e. The molecule has 10 heteroatoms. The maximum absolute atomic E-state index is 12.4. The van der Waals surface area contributed by atoms with Crippen molar-refractivity contribution in [3.8, 4) is 0 Å². The van der Waals surface area contributed by atoms with Gasteiger partial charge in [0.15, 0.2) is 0 Å². The first-order chi connectivity index (χ1) is 11.0. The fraction of sp³-hybridized carbons (Fsp3) is 0.429. The molecule has 0 bridgehead atoms. The number of carbonyl (C=O) groups is 2. The second-order valence-electron chi connectivity index (χ2n) is 5.39. The Kier molecular flexibility index (Phi) is 7.16. The maximum Gasteiger partial charge on any atom is 0.471 e. The maximum atomic E-state index is 12.4. The van der Waals surface area contributed by atoms with Crippen LogP contribution in [0.4, 0.5) is 18.9 Å². The van der Waals surface area contributed by atoms with Gasteiger partial charge in [-0.05, 0) is 30.5 Å². The molecule has 0 aromatic heterocycles. The summed E-state index contributed by atoms with van der Waals surface area (Å²) in [6, 6.07) is 3.07. The molecule has 0 radical (unpaired) electrons. The van der Waals surface area contributed by atoms with E-state index in [1.165, 1.54) is 18.2 Å². The number of hydrogen-bond donors (Lipinski definition) is 3. The van der Waals surface area contributed by atoms with Crippen molar-refractivity contribution in [1.29, 1.82) is 0 Å². The lowest BCUT2D eigenvalue weighted by Gasteiger charge is -2.21. The second-order valence-corrected chi connectivity index (χ2v) is 6.24. The van der Waals surface area contributed by atoms with Gasteiger partial charge in [0.25, 0.3) is 5.91 Å². The van der Waals surface area contributed by atoms with E-state index in [2.05, 4.69) is 10.9 Å². The molecule has 0 aliphatic carbocycles. The fourth-order valence-corrected chi connectivity index (χ4v) is 2.21. The van der Waals surface area contributed by atoms with Gasteiger partial charge in [-0.15, -0.1) is 0 Å². The van der Waals surface area contributed by atoms with E-state index in [4.69, 9.17) is 23.2 Å². The summed E-state index contributed by atoms with van der Waals surface area (Å²) in [5.41, 5.74) is 5.01. The van der Waals surface area contributed by atoms with Gasteiger partial charge in [-0.2, -0.15) is 13.2 Å². The number of nitrogens with one attached hydrogen (secondary N) is 3. The fourth-order valence-electron chi connectivity index (χ4n) is 1.75. The zero-order valence-corrected chi connectivity index (χ0v) is 14.3. The second kappa shape index (κ2) is 8.43. The molecule has 0 aliphatic heterocycles. The lowest BCUT2D eigenvalue weighted by atomic mass is 10.0. The van der Waals surface area contributed by atoms with Crippen LogP contribution in [0.5, 0.6) is 0 Å². The Morgan fingerprint density at radius 3 is 2.33 bits per heavy atom. The van der Waals surface area contributed by atoms with Crippen LogP contribution < -0.4 is 16.2 Å². The standard InChI is InChI=1S/C14H16Cl2F3N3O2/c1-7(2)5-11(20-13(24)14(17,18)19)12(23)22-21-10-4-3-8(15)6-9(10)16/h3-4,6-7,11,21H,5H2,1-2H3,(H,20,24)(H,22,23). The first-order valence-corrected chi connectivity index (χ1v) is 7.65. The molecule has 1 atom stereocenters. The molecule has 134 valence electrons. The molecule has 0 spiro atoms. The van der Waals surface area contributed by atoms with Crippen molar-refractivity contribution in [3.05, 3.63) is 28.2 Å². The number of hydrazine groups is 1. The average molecular weight is 386 g/mol. The van der Waals surface area contributed by atoms with Gasteiger partial charge in [-0.3, -0.25) is 20.4 Å². The zero-order chi connectivity index (χ0) is 18.5. The van der Waals surface area contributed by atoms with Crippen LogP contribution in [0.25, 0.3) is 0 Å². The molecule has 0 aliphatic rings. The van der Waals surface area contributed by atoms with Gasteiger partial charge < -0.3 is 5.32 Å². The van der Waals surface area contributed by atoms with E-state index in [1.807, 2.05) is 0 Å². The first-order valence-electron chi connectivity index (χ1n) is 6.89. The minimum atomic E-state index is -5.07. The molecule has 1 aromatic rings. The molecular formula is C14H16Cl2F3N3O2. The summed E-state index contributed by atoms with van der Waals surface area (Å²) in [4.78, 5) is 23.1. The number of hydrogen-bond acceptors (Lipinski definition) is 3. The number of benzene rings is 1. The monoisotopic (exact) mass is 385 g/mol. The van der Waals surface area contributed by atoms with Gasteiger partial charge in [-0.25, -0.2) is 0 Å². The third-order valence-electron chi connectivity index (χ3n) is 2.84. The summed E-state index contributed by atoms with van der Waals surface area (Å²) in [5.74, 6) is -3.12. The molecule has 2 amide bonds. The lowest BCUT2D eigenvalue weighted by molar-refractivity contribution is -0.174. The average Bonchev–Trinajstić information content (AvgIpc) is 2.43. The van der Waals surface area contributed by atoms with E-state index in [0.29, 0.717) is 10.7 Å². The highest BCUT2D eigenvalue weighted by molar-refractivity contribution is 6.36. The van der Waals surface area contributed by atoms with Crippen LogP contribution in [0.3, 0.4) is 0 Å². The number of rotatable bonds is 6. The van der Waals surface area contributed by atoms with Crippen molar-refractivity contribution in [2.75, 3.05) is 5.43 Å². The van der Waals surface area contributed by atoms with Crippen molar-refractivity contribution in [3.63, 3.8) is 0 Å². The van der Waals surface area contributed by atoms with E-state index in [-0.39, 0.29) is 17.4 Å². The first kappa shape index (κ1) is 20.4. The van der Waals surface area contributed by atoms with Crippen LogP contribution in [-0.4, -0.2) is 24.0 Å². The Balaban J connectivity index is 2.75. The normalized spacial score (nSPS) is 12.7. The quantitative estimate of drug-likeness (QED) is 0.656. The van der Waals surface area contributed by atoms with Crippen LogP contribution in [0, 0.1) is 5.92 Å². The van der Waals surface area contributed by atoms with Crippen LogP contribution in [0.15, 0.2) is 18.2 Å². The molecule has 24 heavy (non-hydrogen) atoms. The molecule has 0 heterocycles. The van der Waals surface area contributed by atoms with Gasteiger partial charge in [0, 0.05) is 5.02 Å². The predicted octanol–water partition coefficient (Wildman–Crippen LogP) is 3.53. The minimum absolute atomic E-state index is 0.0314. The van der Waals surface area contributed by atoms with E-state index in [1.54, 1.807) is 19.2 Å². The van der Waals surface area contributed by atoms with Gasteiger partial charge in [0.2, 0.25) is 0 Å². The Bertz CT molecular complexity index is 609. The molecule has 1 aromatic carbocycles. The number of carbonyl (C=O) groups excluding carboxylic acids is 2. The summed E-state index contributed by atoms with van der Waals surface area (Å²) in [5, 5.41) is 2.27. The van der Waals surface area contributed by atoms with Crippen LogP contribution in [0.2, 0.25) is 10.0 Å². The largest absolute Gasteiger partial charge is 0.471 e. The van der Waals surface area contributed by atoms with Crippen LogP contribution >= 0.6 is 23.2 Å². The molecule has 3 N–H and O–H groups in total. The number of amides is 2. The molecule has 0 saturated heterocycles. The van der Waals surface area contributed by atoms with E-state index < -0.39 is 24.0 Å². The van der Waals surface area contributed by atoms with Crippen molar-refractivity contribution >= 4 is 40.7 Å². The van der Waals surface area contributed by atoms with Crippen LogP contribution in [0.1, 0.15) is 20.3 Å². The molecule has 1 rings (SSSR count). The van der Waals surface area contributed by atoms with E-state index >= 15 is 0 Å². The highest BCUT2D eigenvalue weighted by atomic mass is 35.5. The molecule has 5 nitrogen and oxygen atoms in total. The molecule has 0 fully saturated rings. The van der Waals surface area contributed by atoms with E-state index in [9.17, 15) is 22.8 Å². The number of halogens is 5. The Morgan fingerprint density at radius 2 is 1.83 bits per heavy atom. The number of alkyl halides is 3. The van der Waals surface area contributed by atoms with Gasteiger partial charge in [-0.1, -0.05) is 37.0 Å². The highest BCUT2D eigenvalue weighted by Crippen LogP contribution is 2.24. The third-order valence-corrected chi connectivity index (χ3v) is 3.39. The minimum Gasteiger partial charge on any atom is -0.336 e. The summed E-state index contributed by atoms with van der Waals surface area (Å²) in [6.45, 7) is 3.42.